The predicted molar refractivity (Wildman–Crippen MR) is 88.8 cm³/mol. The van der Waals surface area contributed by atoms with Gasteiger partial charge in [0.15, 0.2) is 0 Å². The zero-order valence-corrected chi connectivity index (χ0v) is 14.4. The van der Waals surface area contributed by atoms with Gasteiger partial charge in [-0.1, -0.05) is 32.0 Å². The minimum Gasteiger partial charge on any atom is -0.444 e. The van der Waals surface area contributed by atoms with Crippen molar-refractivity contribution >= 4 is 17.7 Å². The Balaban J connectivity index is 2.61. The normalized spacial score (nSPS) is 12.4. The number of amides is 1. The highest BCUT2D eigenvalue weighted by atomic mass is 16.7. The number of rotatable bonds is 6. The largest absolute Gasteiger partial charge is 0.444 e. The van der Waals surface area contributed by atoms with Crippen LogP contribution in [0.5, 0.6) is 0 Å². The highest BCUT2D eigenvalue weighted by Gasteiger charge is 2.26. The minimum atomic E-state index is -0.777. The Kier molecular flexibility index (Phi) is 6.88. The Labute approximate surface area is 137 Å². The molecule has 0 saturated carbocycles. The molecule has 0 aliphatic heterocycles. The monoisotopic (exact) mass is 322 g/mol. The third kappa shape index (κ3) is 8.09. The fourth-order valence-corrected chi connectivity index (χ4v) is 1.82. The molecule has 23 heavy (non-hydrogen) atoms. The molecule has 0 unspecified atom stereocenters. The lowest BCUT2D eigenvalue weighted by Gasteiger charge is -2.23. The topological polar surface area (TPSA) is 76.7 Å². The van der Waals surface area contributed by atoms with E-state index < -0.39 is 23.7 Å². The molecule has 0 saturated heterocycles. The lowest BCUT2D eigenvalue weighted by Crippen LogP contribution is -2.45. The van der Waals surface area contributed by atoms with Crippen molar-refractivity contribution in [2.45, 2.75) is 52.7 Å². The molecule has 1 amide bonds. The van der Waals surface area contributed by atoms with E-state index in [1.165, 1.54) is 0 Å². The molecule has 128 valence electrons. The zero-order valence-electron chi connectivity index (χ0n) is 14.4. The number of hydrogen-bond acceptors (Lipinski definition) is 5. The fraction of sp³-hybridized carbons (Fsp3) is 0.529. The average Bonchev–Trinajstić information content (AvgIpc) is 2.42. The van der Waals surface area contributed by atoms with Gasteiger partial charge in [-0.15, -0.1) is 0 Å². The van der Waals surface area contributed by atoms with Crippen LogP contribution >= 0.6 is 0 Å². The number of nitrogens with one attached hydrogen (secondary N) is 2. The van der Waals surface area contributed by atoms with Crippen molar-refractivity contribution in [1.82, 2.24) is 5.32 Å². The maximum absolute atomic E-state index is 12.2. The summed E-state index contributed by atoms with van der Waals surface area (Å²) in [4.78, 5) is 29.1. The van der Waals surface area contributed by atoms with Crippen LogP contribution < -0.4 is 10.8 Å². The van der Waals surface area contributed by atoms with Crippen LogP contribution in [0.25, 0.3) is 0 Å². The summed E-state index contributed by atoms with van der Waals surface area (Å²) in [6, 6.07) is 8.26. The first-order valence-electron chi connectivity index (χ1n) is 7.68. The SMILES string of the molecule is CC(C)C[C@H](NC(=O)OC(C)(C)C)C(=O)ONc1ccccc1. The molecule has 1 atom stereocenters. The van der Waals surface area contributed by atoms with Gasteiger partial charge in [0.2, 0.25) is 0 Å². The van der Waals surface area contributed by atoms with Crippen molar-refractivity contribution < 1.29 is 19.2 Å². The van der Waals surface area contributed by atoms with Gasteiger partial charge in [0.1, 0.15) is 11.6 Å². The number of hydrogen-bond donors (Lipinski definition) is 2. The van der Waals surface area contributed by atoms with Gasteiger partial charge in [0.25, 0.3) is 0 Å². The lowest BCUT2D eigenvalue weighted by atomic mass is 10.0. The summed E-state index contributed by atoms with van der Waals surface area (Å²) in [6.45, 7) is 9.21. The van der Waals surface area contributed by atoms with Crippen molar-refractivity contribution in [3.05, 3.63) is 30.3 Å². The van der Waals surface area contributed by atoms with Gasteiger partial charge in [0.05, 0.1) is 5.69 Å². The second-order valence-electron chi connectivity index (χ2n) is 6.72. The number of alkyl carbamates (subject to hydrolysis) is 1. The van der Waals surface area contributed by atoms with Gasteiger partial charge < -0.3 is 14.9 Å². The first kappa shape index (κ1) is 18.8. The van der Waals surface area contributed by atoms with Crippen LogP contribution in [-0.2, 0) is 14.4 Å². The maximum atomic E-state index is 12.2. The molecule has 1 aromatic carbocycles. The molecule has 0 fully saturated rings. The van der Waals surface area contributed by atoms with Crippen LogP contribution in [0.1, 0.15) is 41.0 Å². The molecule has 2 N–H and O–H groups in total. The van der Waals surface area contributed by atoms with Crippen molar-refractivity contribution in [1.29, 1.82) is 0 Å². The molecule has 0 aliphatic carbocycles. The van der Waals surface area contributed by atoms with Crippen molar-refractivity contribution in [2.75, 3.05) is 5.48 Å². The highest BCUT2D eigenvalue weighted by Crippen LogP contribution is 2.11. The lowest BCUT2D eigenvalue weighted by molar-refractivity contribution is -0.143. The Hall–Kier alpha value is -2.24. The van der Waals surface area contributed by atoms with Crippen LogP contribution in [0.3, 0.4) is 0 Å². The first-order chi connectivity index (χ1) is 10.7. The number of ether oxygens (including phenoxy) is 1. The molecule has 0 radical (unpaired) electrons. The average molecular weight is 322 g/mol. The fourth-order valence-electron chi connectivity index (χ4n) is 1.82. The molecular formula is C17H26N2O4. The smallest absolute Gasteiger partial charge is 0.408 e. The number of benzene rings is 1. The molecule has 0 bridgehead atoms. The third-order valence-corrected chi connectivity index (χ3v) is 2.73. The van der Waals surface area contributed by atoms with Gasteiger partial charge in [-0.25, -0.2) is 15.1 Å². The Morgan fingerprint density at radius 3 is 2.26 bits per heavy atom. The molecule has 6 nitrogen and oxygen atoms in total. The molecule has 0 aromatic heterocycles. The summed E-state index contributed by atoms with van der Waals surface area (Å²) < 4.78 is 5.18. The van der Waals surface area contributed by atoms with Gasteiger partial charge in [-0.2, -0.15) is 0 Å². The molecule has 0 heterocycles. The Bertz CT molecular complexity index is 509. The third-order valence-electron chi connectivity index (χ3n) is 2.73. The van der Waals surface area contributed by atoms with Crippen molar-refractivity contribution in [3.8, 4) is 0 Å². The zero-order chi connectivity index (χ0) is 17.5. The second-order valence-corrected chi connectivity index (χ2v) is 6.72. The van der Waals surface area contributed by atoms with E-state index in [9.17, 15) is 9.59 Å². The van der Waals surface area contributed by atoms with Crippen molar-refractivity contribution in [3.63, 3.8) is 0 Å². The second kappa shape index (κ2) is 8.41. The van der Waals surface area contributed by atoms with Crippen molar-refractivity contribution in [2.24, 2.45) is 5.92 Å². The van der Waals surface area contributed by atoms with Gasteiger partial charge >= 0.3 is 12.1 Å². The van der Waals surface area contributed by atoms with E-state index in [2.05, 4.69) is 10.8 Å². The van der Waals surface area contributed by atoms with Crippen LogP contribution in [0.2, 0.25) is 0 Å². The maximum Gasteiger partial charge on any atom is 0.408 e. The van der Waals surface area contributed by atoms with E-state index in [0.29, 0.717) is 12.1 Å². The van der Waals surface area contributed by atoms with E-state index in [0.717, 1.165) is 0 Å². The standard InChI is InChI=1S/C17H26N2O4/c1-12(2)11-14(18-16(21)22-17(3,4)5)15(20)23-19-13-9-7-6-8-10-13/h6-10,12,14,19H,11H2,1-5H3,(H,18,21)/t14-/m0/s1. The van der Waals surface area contributed by atoms with Crippen LogP contribution in [-0.4, -0.2) is 23.7 Å². The quantitative estimate of drug-likeness (QED) is 0.784. The number of para-hydroxylation sites is 1. The predicted octanol–water partition coefficient (Wildman–Crippen LogP) is 3.50. The summed E-state index contributed by atoms with van der Waals surface area (Å²) in [5.41, 5.74) is 2.61. The molecule has 1 aromatic rings. The van der Waals surface area contributed by atoms with E-state index in [4.69, 9.17) is 9.57 Å². The Morgan fingerprint density at radius 1 is 1.13 bits per heavy atom. The van der Waals surface area contributed by atoms with Gasteiger partial charge in [-0.05, 0) is 45.2 Å². The molecule has 1 rings (SSSR count). The summed E-state index contributed by atoms with van der Waals surface area (Å²) in [6.07, 6.45) is -0.186. The summed E-state index contributed by atoms with van der Waals surface area (Å²) in [5, 5.41) is 2.57. The Morgan fingerprint density at radius 2 is 1.74 bits per heavy atom. The molecule has 0 aliphatic rings. The number of carbonyl (C=O) groups is 2. The minimum absolute atomic E-state index is 0.208. The number of anilines is 1. The first-order valence-corrected chi connectivity index (χ1v) is 7.68. The summed E-state index contributed by atoms with van der Waals surface area (Å²) in [7, 11) is 0. The van der Waals surface area contributed by atoms with Crippen LogP contribution in [0.4, 0.5) is 10.5 Å². The highest BCUT2D eigenvalue weighted by molar-refractivity contribution is 5.81. The summed E-state index contributed by atoms with van der Waals surface area (Å²) in [5.74, 6) is -0.354. The van der Waals surface area contributed by atoms with E-state index >= 15 is 0 Å². The van der Waals surface area contributed by atoms with Crippen LogP contribution in [0.15, 0.2) is 30.3 Å². The van der Waals surface area contributed by atoms with Crippen LogP contribution in [0, 0.1) is 5.92 Å². The van der Waals surface area contributed by atoms with E-state index in [-0.39, 0.29) is 5.92 Å². The number of carbonyl (C=O) groups excluding carboxylic acids is 2. The summed E-state index contributed by atoms with van der Waals surface area (Å²) >= 11 is 0. The van der Waals surface area contributed by atoms with E-state index in [1.807, 2.05) is 32.0 Å². The molecular weight excluding hydrogens is 296 g/mol. The van der Waals surface area contributed by atoms with E-state index in [1.54, 1.807) is 32.9 Å². The van der Waals surface area contributed by atoms with Gasteiger partial charge in [0, 0.05) is 0 Å². The molecule has 6 heteroatoms. The van der Waals surface area contributed by atoms with Gasteiger partial charge in [-0.3, -0.25) is 0 Å². The molecule has 0 spiro atoms.